The molecule has 1 aromatic carbocycles. The first-order valence-electron chi connectivity index (χ1n) is 7.53. The Bertz CT molecular complexity index is 585. The number of aliphatic hydroxyl groups excluding tert-OH is 1. The van der Waals surface area contributed by atoms with Crippen molar-refractivity contribution < 1.29 is 14.7 Å². The summed E-state index contributed by atoms with van der Waals surface area (Å²) in [6.45, 7) is 1.62. The van der Waals surface area contributed by atoms with E-state index >= 15 is 0 Å². The Kier molecular flexibility index (Phi) is 4.36. The number of nitrogens with zero attached hydrogens (tertiary/aromatic N) is 2. The van der Waals surface area contributed by atoms with Crippen LogP contribution >= 0.6 is 11.6 Å². The summed E-state index contributed by atoms with van der Waals surface area (Å²) in [5, 5.41) is 9.56. The number of carbonyl (C=O) groups is 2. The quantitative estimate of drug-likeness (QED) is 0.906. The molecule has 6 heteroatoms. The molecule has 0 aromatic heterocycles. The highest BCUT2D eigenvalue weighted by Crippen LogP contribution is 2.48. The summed E-state index contributed by atoms with van der Waals surface area (Å²) in [5.41, 5.74) is 1.12. The van der Waals surface area contributed by atoms with E-state index in [4.69, 9.17) is 16.7 Å². The normalized spacial score (nSPS) is 24.3. The van der Waals surface area contributed by atoms with Gasteiger partial charge in [-0.2, -0.15) is 0 Å². The fraction of sp³-hybridized carbons (Fsp3) is 0.500. The SMILES string of the molecule is O=C(CO)N1CCN(C(=O)C2CC2c2cccc(Cl)c2)CC1. The van der Waals surface area contributed by atoms with Crippen LogP contribution in [0.3, 0.4) is 0 Å². The highest BCUT2D eigenvalue weighted by atomic mass is 35.5. The first-order chi connectivity index (χ1) is 10.6. The van der Waals surface area contributed by atoms with Gasteiger partial charge in [-0.05, 0) is 30.0 Å². The van der Waals surface area contributed by atoms with Crippen LogP contribution in [0.5, 0.6) is 0 Å². The molecule has 22 heavy (non-hydrogen) atoms. The van der Waals surface area contributed by atoms with Crippen LogP contribution in [0.15, 0.2) is 24.3 Å². The van der Waals surface area contributed by atoms with Gasteiger partial charge in [0.1, 0.15) is 6.61 Å². The Morgan fingerprint density at radius 2 is 1.86 bits per heavy atom. The van der Waals surface area contributed by atoms with Gasteiger partial charge in [0.2, 0.25) is 11.8 Å². The van der Waals surface area contributed by atoms with E-state index < -0.39 is 6.61 Å². The number of carbonyl (C=O) groups excluding carboxylic acids is 2. The molecule has 1 N–H and O–H groups in total. The van der Waals surface area contributed by atoms with E-state index in [9.17, 15) is 9.59 Å². The molecule has 118 valence electrons. The van der Waals surface area contributed by atoms with Crippen LogP contribution < -0.4 is 0 Å². The Hall–Kier alpha value is -1.59. The second-order valence-electron chi connectivity index (χ2n) is 5.87. The Morgan fingerprint density at radius 1 is 1.18 bits per heavy atom. The molecular weight excluding hydrogens is 304 g/mol. The molecule has 1 aliphatic heterocycles. The molecule has 3 rings (SSSR count). The smallest absolute Gasteiger partial charge is 0.248 e. The summed E-state index contributed by atoms with van der Waals surface area (Å²) >= 11 is 6.00. The molecule has 1 aliphatic carbocycles. The number of halogens is 1. The van der Waals surface area contributed by atoms with E-state index in [2.05, 4.69) is 0 Å². The number of aliphatic hydroxyl groups is 1. The Labute approximate surface area is 134 Å². The fourth-order valence-electron chi connectivity index (χ4n) is 3.08. The third-order valence-corrected chi connectivity index (χ3v) is 4.70. The van der Waals surface area contributed by atoms with Gasteiger partial charge >= 0.3 is 0 Å². The topological polar surface area (TPSA) is 60.9 Å². The predicted octanol–water partition coefficient (Wildman–Crippen LogP) is 1.11. The summed E-state index contributed by atoms with van der Waals surface area (Å²) in [5.74, 6) is 0.207. The minimum absolute atomic E-state index is 0.0403. The zero-order valence-electron chi connectivity index (χ0n) is 12.2. The molecule has 1 saturated carbocycles. The van der Waals surface area contributed by atoms with E-state index in [0.29, 0.717) is 31.2 Å². The lowest BCUT2D eigenvalue weighted by molar-refractivity contribution is -0.141. The molecule has 1 heterocycles. The number of piperazine rings is 1. The highest BCUT2D eigenvalue weighted by Gasteiger charge is 2.46. The van der Waals surface area contributed by atoms with Gasteiger partial charge in [-0.1, -0.05) is 23.7 Å². The molecule has 0 spiro atoms. The van der Waals surface area contributed by atoms with Gasteiger partial charge in [0.05, 0.1) is 0 Å². The average Bonchev–Trinajstić information content (AvgIpc) is 3.34. The van der Waals surface area contributed by atoms with Crippen molar-refractivity contribution in [2.75, 3.05) is 32.8 Å². The third kappa shape index (κ3) is 3.10. The molecule has 0 bridgehead atoms. The van der Waals surface area contributed by atoms with Crippen molar-refractivity contribution in [1.29, 1.82) is 0 Å². The van der Waals surface area contributed by atoms with E-state index in [1.165, 1.54) is 0 Å². The Morgan fingerprint density at radius 3 is 2.50 bits per heavy atom. The van der Waals surface area contributed by atoms with Gasteiger partial charge in [-0.25, -0.2) is 0 Å². The first kappa shape index (κ1) is 15.3. The zero-order chi connectivity index (χ0) is 15.7. The third-order valence-electron chi connectivity index (χ3n) is 4.46. The highest BCUT2D eigenvalue weighted by molar-refractivity contribution is 6.30. The van der Waals surface area contributed by atoms with Crippen molar-refractivity contribution in [2.24, 2.45) is 5.92 Å². The van der Waals surface area contributed by atoms with Gasteiger partial charge in [0, 0.05) is 37.1 Å². The molecule has 1 aromatic rings. The number of rotatable bonds is 3. The maximum atomic E-state index is 12.5. The molecule has 2 atom stereocenters. The Balaban J connectivity index is 1.55. The lowest BCUT2D eigenvalue weighted by Gasteiger charge is -2.34. The molecule has 1 saturated heterocycles. The molecule has 2 unspecified atom stereocenters. The van der Waals surface area contributed by atoms with Gasteiger partial charge < -0.3 is 14.9 Å². The van der Waals surface area contributed by atoms with E-state index in [0.717, 1.165) is 12.0 Å². The largest absolute Gasteiger partial charge is 0.387 e. The lowest BCUT2D eigenvalue weighted by Crippen LogP contribution is -2.51. The second kappa shape index (κ2) is 6.26. The number of hydrogen-bond donors (Lipinski definition) is 1. The van der Waals surface area contributed by atoms with Crippen LogP contribution in [0.2, 0.25) is 5.02 Å². The number of amides is 2. The number of benzene rings is 1. The van der Waals surface area contributed by atoms with Crippen LogP contribution in [0.1, 0.15) is 17.9 Å². The summed E-state index contributed by atoms with van der Waals surface area (Å²) in [4.78, 5) is 27.4. The van der Waals surface area contributed by atoms with E-state index in [1.54, 1.807) is 4.90 Å². The van der Waals surface area contributed by atoms with Gasteiger partial charge in [0.15, 0.2) is 0 Å². The van der Waals surface area contributed by atoms with Crippen LogP contribution in [0.25, 0.3) is 0 Å². The maximum Gasteiger partial charge on any atom is 0.248 e. The zero-order valence-corrected chi connectivity index (χ0v) is 13.0. The van der Waals surface area contributed by atoms with Gasteiger partial charge in [-0.3, -0.25) is 9.59 Å². The van der Waals surface area contributed by atoms with Crippen LogP contribution in [0.4, 0.5) is 0 Å². The molecular formula is C16H19ClN2O3. The molecule has 5 nitrogen and oxygen atoms in total. The van der Waals surface area contributed by atoms with Crippen molar-refractivity contribution in [3.05, 3.63) is 34.9 Å². The molecule has 2 fully saturated rings. The van der Waals surface area contributed by atoms with Crippen molar-refractivity contribution in [2.45, 2.75) is 12.3 Å². The molecule has 0 radical (unpaired) electrons. The van der Waals surface area contributed by atoms with Crippen molar-refractivity contribution in [1.82, 2.24) is 9.80 Å². The van der Waals surface area contributed by atoms with Crippen molar-refractivity contribution in [3.8, 4) is 0 Å². The minimum atomic E-state index is -0.465. The molecule has 2 amide bonds. The minimum Gasteiger partial charge on any atom is -0.387 e. The summed E-state index contributed by atoms with van der Waals surface area (Å²) in [6, 6.07) is 7.69. The lowest BCUT2D eigenvalue weighted by atomic mass is 10.1. The summed E-state index contributed by atoms with van der Waals surface area (Å²) in [7, 11) is 0. The second-order valence-corrected chi connectivity index (χ2v) is 6.30. The van der Waals surface area contributed by atoms with Crippen molar-refractivity contribution in [3.63, 3.8) is 0 Å². The first-order valence-corrected chi connectivity index (χ1v) is 7.91. The van der Waals surface area contributed by atoms with Gasteiger partial charge in [0.25, 0.3) is 0 Å². The van der Waals surface area contributed by atoms with E-state index in [1.807, 2.05) is 29.2 Å². The van der Waals surface area contributed by atoms with Crippen molar-refractivity contribution >= 4 is 23.4 Å². The summed E-state index contributed by atoms with van der Waals surface area (Å²) in [6.07, 6.45) is 0.870. The van der Waals surface area contributed by atoms with Gasteiger partial charge in [-0.15, -0.1) is 0 Å². The predicted molar refractivity (Wildman–Crippen MR) is 82.5 cm³/mol. The number of hydrogen-bond acceptors (Lipinski definition) is 3. The average molecular weight is 323 g/mol. The van der Waals surface area contributed by atoms with Crippen LogP contribution in [0, 0.1) is 5.92 Å². The van der Waals surface area contributed by atoms with Crippen LogP contribution in [-0.2, 0) is 9.59 Å². The summed E-state index contributed by atoms with van der Waals surface area (Å²) < 4.78 is 0. The standard InChI is InChI=1S/C16H19ClN2O3/c17-12-3-1-2-11(8-12)13-9-14(13)16(22)19-6-4-18(5-7-19)15(21)10-20/h1-3,8,13-14,20H,4-7,9-10H2. The maximum absolute atomic E-state index is 12.5. The fourth-order valence-corrected chi connectivity index (χ4v) is 3.28. The molecule has 2 aliphatic rings. The van der Waals surface area contributed by atoms with E-state index in [-0.39, 0.29) is 23.7 Å². The monoisotopic (exact) mass is 322 g/mol. The van der Waals surface area contributed by atoms with Crippen LogP contribution in [-0.4, -0.2) is 59.5 Å².